The molecule has 3 heteroatoms. The topological polar surface area (TPSA) is 41.6 Å². The highest BCUT2D eigenvalue weighted by Gasteiger charge is 2.17. The minimum absolute atomic E-state index is 0.273. The van der Waals surface area contributed by atoms with Crippen LogP contribution in [0.4, 0.5) is 0 Å². The van der Waals surface area contributed by atoms with Gasteiger partial charge in [-0.2, -0.15) is 5.26 Å². The molecule has 74 valence electrons. The van der Waals surface area contributed by atoms with Gasteiger partial charge < -0.3 is 4.57 Å². The van der Waals surface area contributed by atoms with E-state index in [-0.39, 0.29) is 6.04 Å². The molecule has 0 saturated heterocycles. The summed E-state index contributed by atoms with van der Waals surface area (Å²) < 4.78 is 2.18. The van der Waals surface area contributed by atoms with E-state index in [2.05, 4.69) is 22.5 Å². The molecular formula is C11H15N3. The molecule has 0 N–H and O–H groups in total. The Bertz CT molecular complexity index is 359. The van der Waals surface area contributed by atoms with Crippen LogP contribution >= 0.6 is 0 Å². The highest BCUT2D eigenvalue weighted by Crippen LogP contribution is 2.23. The van der Waals surface area contributed by atoms with Gasteiger partial charge in [0.2, 0.25) is 0 Å². The highest BCUT2D eigenvalue weighted by molar-refractivity contribution is 5.17. The monoisotopic (exact) mass is 189 g/mol. The smallest absolute Gasteiger partial charge is 0.0954 e. The van der Waals surface area contributed by atoms with Crippen LogP contribution in [-0.2, 0) is 12.8 Å². The minimum atomic E-state index is 0.273. The minimum Gasteiger partial charge on any atom is -0.331 e. The largest absolute Gasteiger partial charge is 0.331 e. The first-order valence-electron chi connectivity index (χ1n) is 5.24. The van der Waals surface area contributed by atoms with Crippen LogP contribution < -0.4 is 0 Å². The standard InChI is InChI=1S/C11H15N3/c1-9(6-7-12)14-8-13-10-4-2-3-5-11(10)14/h8-9H,2-6H2,1H3. The average molecular weight is 189 g/mol. The Kier molecular flexibility index (Phi) is 2.53. The van der Waals surface area contributed by atoms with Gasteiger partial charge in [0.15, 0.2) is 0 Å². The van der Waals surface area contributed by atoms with Crippen molar-refractivity contribution >= 4 is 0 Å². The van der Waals surface area contributed by atoms with Crippen LogP contribution in [0.15, 0.2) is 6.33 Å². The molecule has 1 heterocycles. The molecule has 0 amide bonds. The predicted octanol–water partition coefficient (Wildman–Crippen LogP) is 2.24. The van der Waals surface area contributed by atoms with Gasteiger partial charge in [-0.05, 0) is 32.6 Å². The summed E-state index contributed by atoms with van der Waals surface area (Å²) in [6.07, 6.45) is 7.24. The summed E-state index contributed by atoms with van der Waals surface area (Å²) in [5, 5.41) is 8.66. The number of fused-ring (bicyclic) bond motifs is 1. The summed E-state index contributed by atoms with van der Waals surface area (Å²) in [4.78, 5) is 4.41. The fourth-order valence-corrected chi connectivity index (χ4v) is 2.10. The molecule has 3 nitrogen and oxygen atoms in total. The summed E-state index contributed by atoms with van der Waals surface area (Å²) in [6.45, 7) is 2.08. The van der Waals surface area contributed by atoms with Gasteiger partial charge in [0.1, 0.15) is 0 Å². The van der Waals surface area contributed by atoms with Crippen molar-refractivity contribution in [2.24, 2.45) is 0 Å². The first kappa shape index (κ1) is 9.26. The fraction of sp³-hybridized carbons (Fsp3) is 0.636. The van der Waals surface area contributed by atoms with E-state index in [9.17, 15) is 0 Å². The van der Waals surface area contributed by atoms with Gasteiger partial charge in [0, 0.05) is 11.7 Å². The lowest BCUT2D eigenvalue weighted by Gasteiger charge is -2.17. The molecule has 0 radical (unpaired) electrons. The molecule has 1 aromatic heterocycles. The molecule has 0 saturated carbocycles. The maximum absolute atomic E-state index is 8.66. The summed E-state index contributed by atoms with van der Waals surface area (Å²) in [6, 6.07) is 2.49. The molecule has 1 unspecified atom stereocenters. The second-order valence-corrected chi connectivity index (χ2v) is 3.96. The van der Waals surface area contributed by atoms with E-state index in [0.29, 0.717) is 6.42 Å². The number of aromatic nitrogens is 2. The molecule has 0 fully saturated rings. The number of nitriles is 1. The third kappa shape index (κ3) is 1.52. The summed E-state index contributed by atoms with van der Waals surface area (Å²) >= 11 is 0. The normalized spacial score (nSPS) is 17.1. The van der Waals surface area contributed by atoms with Crippen LogP contribution in [0, 0.1) is 11.3 Å². The van der Waals surface area contributed by atoms with Crippen molar-refractivity contribution in [3.63, 3.8) is 0 Å². The maximum atomic E-state index is 8.66. The van der Waals surface area contributed by atoms with Gasteiger partial charge in [-0.3, -0.25) is 0 Å². The molecule has 1 aromatic rings. The second-order valence-electron chi connectivity index (χ2n) is 3.96. The molecular weight excluding hydrogens is 174 g/mol. The summed E-state index contributed by atoms with van der Waals surface area (Å²) in [5.41, 5.74) is 2.61. The molecule has 0 aliphatic heterocycles. The Morgan fingerprint density at radius 2 is 2.36 bits per heavy atom. The third-order valence-corrected chi connectivity index (χ3v) is 2.92. The van der Waals surface area contributed by atoms with Gasteiger partial charge >= 0.3 is 0 Å². The fourth-order valence-electron chi connectivity index (χ4n) is 2.10. The average Bonchev–Trinajstić information content (AvgIpc) is 2.61. The lowest BCUT2D eigenvalue weighted by Crippen LogP contribution is -2.11. The van der Waals surface area contributed by atoms with Crippen molar-refractivity contribution in [2.75, 3.05) is 0 Å². The summed E-state index contributed by atoms with van der Waals surface area (Å²) in [7, 11) is 0. The number of aryl methyl sites for hydroxylation is 1. The predicted molar refractivity (Wildman–Crippen MR) is 53.8 cm³/mol. The van der Waals surface area contributed by atoms with E-state index in [4.69, 9.17) is 5.26 Å². The van der Waals surface area contributed by atoms with Gasteiger partial charge in [0.05, 0.1) is 24.5 Å². The van der Waals surface area contributed by atoms with Crippen molar-refractivity contribution in [3.8, 4) is 6.07 Å². The van der Waals surface area contributed by atoms with Crippen LogP contribution in [0.2, 0.25) is 0 Å². The molecule has 0 bridgehead atoms. The number of rotatable bonds is 2. The van der Waals surface area contributed by atoms with Crippen LogP contribution in [0.1, 0.15) is 43.6 Å². The third-order valence-electron chi connectivity index (χ3n) is 2.92. The Labute approximate surface area is 84.4 Å². The van der Waals surface area contributed by atoms with Gasteiger partial charge in [-0.1, -0.05) is 0 Å². The molecule has 0 aromatic carbocycles. The van der Waals surface area contributed by atoms with Crippen LogP contribution in [0.3, 0.4) is 0 Å². The lowest BCUT2D eigenvalue weighted by atomic mass is 10.0. The van der Waals surface area contributed by atoms with Gasteiger partial charge in [-0.15, -0.1) is 0 Å². The van der Waals surface area contributed by atoms with Crippen molar-refractivity contribution in [1.82, 2.24) is 9.55 Å². The zero-order valence-electron chi connectivity index (χ0n) is 8.53. The number of hydrogen-bond acceptors (Lipinski definition) is 2. The zero-order valence-corrected chi connectivity index (χ0v) is 8.53. The number of imidazole rings is 1. The van der Waals surface area contributed by atoms with Crippen LogP contribution in [0.25, 0.3) is 0 Å². The van der Waals surface area contributed by atoms with E-state index in [1.54, 1.807) is 0 Å². The first-order valence-corrected chi connectivity index (χ1v) is 5.24. The molecule has 1 atom stereocenters. The molecule has 2 rings (SSSR count). The van der Waals surface area contributed by atoms with Crippen molar-refractivity contribution in [2.45, 2.75) is 45.1 Å². The Morgan fingerprint density at radius 3 is 3.14 bits per heavy atom. The SMILES string of the molecule is CC(CC#N)n1cnc2c1CCCC2. The maximum Gasteiger partial charge on any atom is 0.0954 e. The van der Waals surface area contributed by atoms with E-state index in [0.717, 1.165) is 12.8 Å². The Balaban J connectivity index is 2.26. The Morgan fingerprint density at radius 1 is 1.57 bits per heavy atom. The summed E-state index contributed by atoms with van der Waals surface area (Å²) in [5.74, 6) is 0. The number of nitrogens with zero attached hydrogens (tertiary/aromatic N) is 3. The zero-order chi connectivity index (χ0) is 9.97. The highest BCUT2D eigenvalue weighted by atomic mass is 15.1. The second kappa shape index (κ2) is 3.83. The Hall–Kier alpha value is -1.30. The lowest BCUT2D eigenvalue weighted by molar-refractivity contribution is 0.520. The van der Waals surface area contributed by atoms with Gasteiger partial charge in [0.25, 0.3) is 0 Å². The van der Waals surface area contributed by atoms with Gasteiger partial charge in [-0.25, -0.2) is 4.98 Å². The van der Waals surface area contributed by atoms with Crippen LogP contribution in [0.5, 0.6) is 0 Å². The van der Waals surface area contributed by atoms with E-state index in [1.807, 2.05) is 6.33 Å². The number of hydrogen-bond donors (Lipinski definition) is 0. The molecule has 1 aliphatic carbocycles. The molecule has 1 aliphatic rings. The molecule has 0 spiro atoms. The van der Waals surface area contributed by atoms with E-state index < -0.39 is 0 Å². The molecule has 14 heavy (non-hydrogen) atoms. The van der Waals surface area contributed by atoms with E-state index >= 15 is 0 Å². The first-order chi connectivity index (χ1) is 6.83. The van der Waals surface area contributed by atoms with E-state index in [1.165, 1.54) is 24.2 Å². The van der Waals surface area contributed by atoms with Crippen molar-refractivity contribution in [1.29, 1.82) is 5.26 Å². The van der Waals surface area contributed by atoms with Crippen molar-refractivity contribution < 1.29 is 0 Å². The van der Waals surface area contributed by atoms with Crippen molar-refractivity contribution in [3.05, 3.63) is 17.7 Å². The quantitative estimate of drug-likeness (QED) is 0.716. The van der Waals surface area contributed by atoms with Crippen LogP contribution in [-0.4, -0.2) is 9.55 Å².